The highest BCUT2D eigenvalue weighted by molar-refractivity contribution is 5.68. The molecule has 5 nitrogen and oxygen atoms in total. The van der Waals surface area contributed by atoms with Crippen molar-refractivity contribution in [1.82, 2.24) is 9.88 Å². The Bertz CT molecular complexity index is 675. The number of rotatable bonds is 4. The van der Waals surface area contributed by atoms with Gasteiger partial charge in [0.25, 0.3) is 0 Å². The summed E-state index contributed by atoms with van der Waals surface area (Å²) in [5.41, 5.74) is 1.93. The van der Waals surface area contributed by atoms with Gasteiger partial charge < -0.3 is 14.4 Å². The van der Waals surface area contributed by atoms with Gasteiger partial charge in [-0.2, -0.15) is 0 Å². The zero-order valence-electron chi connectivity index (χ0n) is 13.9. The molecular formula is C19H22N2O3. The van der Waals surface area contributed by atoms with E-state index < -0.39 is 0 Å². The summed E-state index contributed by atoms with van der Waals surface area (Å²) in [6.07, 6.45) is 4.37. The van der Waals surface area contributed by atoms with Gasteiger partial charge >= 0.3 is 6.09 Å². The number of pyridine rings is 1. The lowest BCUT2D eigenvalue weighted by molar-refractivity contribution is 0.0672. The Kier molecular flexibility index (Phi) is 5.31. The van der Waals surface area contributed by atoms with Gasteiger partial charge in [0, 0.05) is 18.3 Å². The molecular weight excluding hydrogens is 304 g/mol. The molecule has 24 heavy (non-hydrogen) atoms. The van der Waals surface area contributed by atoms with Crippen molar-refractivity contribution in [2.75, 3.05) is 13.7 Å². The number of carbonyl (C=O) groups is 1. The molecule has 1 fully saturated rings. The van der Waals surface area contributed by atoms with Crippen molar-refractivity contribution in [2.24, 2.45) is 0 Å². The average Bonchev–Trinajstić information content (AvgIpc) is 2.67. The molecule has 0 radical (unpaired) electrons. The molecule has 0 saturated carbocycles. The van der Waals surface area contributed by atoms with Crippen molar-refractivity contribution in [2.45, 2.75) is 31.9 Å². The molecule has 0 bridgehead atoms. The molecule has 0 aliphatic carbocycles. The first-order chi connectivity index (χ1) is 11.8. The van der Waals surface area contributed by atoms with Crippen LogP contribution in [0.3, 0.4) is 0 Å². The van der Waals surface area contributed by atoms with Crippen LogP contribution in [-0.2, 0) is 11.3 Å². The molecule has 0 spiro atoms. The molecule has 0 N–H and O–H groups in total. The summed E-state index contributed by atoms with van der Waals surface area (Å²) in [5.74, 6) is 0.574. The van der Waals surface area contributed by atoms with Crippen LogP contribution in [0.4, 0.5) is 4.79 Å². The van der Waals surface area contributed by atoms with E-state index in [1.165, 1.54) is 0 Å². The second kappa shape index (κ2) is 7.81. The van der Waals surface area contributed by atoms with Gasteiger partial charge in [0.05, 0.1) is 13.2 Å². The Morgan fingerprint density at radius 3 is 2.83 bits per heavy atom. The number of nitrogens with zero attached hydrogens (tertiary/aromatic N) is 2. The van der Waals surface area contributed by atoms with E-state index in [0.29, 0.717) is 12.4 Å². The number of hydrogen-bond donors (Lipinski definition) is 0. The lowest BCUT2D eigenvalue weighted by Crippen LogP contribution is -2.39. The smallest absolute Gasteiger partial charge is 0.410 e. The standard InChI is InChI=1S/C19H22N2O3/c1-23-18-16(10-7-12-20-18)17-11-5-6-13-21(17)19(22)24-14-15-8-3-2-4-9-15/h2-4,7-10,12,17H,5-6,11,13-14H2,1H3/t17-/m0/s1. The summed E-state index contributed by atoms with van der Waals surface area (Å²) in [4.78, 5) is 18.7. The molecule has 1 amide bonds. The second-order valence-electron chi connectivity index (χ2n) is 5.85. The van der Waals surface area contributed by atoms with Crippen molar-refractivity contribution in [3.8, 4) is 5.88 Å². The van der Waals surface area contributed by atoms with Crippen molar-refractivity contribution in [3.05, 3.63) is 59.8 Å². The van der Waals surface area contributed by atoms with E-state index in [1.54, 1.807) is 18.2 Å². The fourth-order valence-electron chi connectivity index (χ4n) is 3.10. The lowest BCUT2D eigenvalue weighted by Gasteiger charge is -2.35. The molecule has 126 valence electrons. The highest BCUT2D eigenvalue weighted by Crippen LogP contribution is 2.35. The predicted octanol–water partition coefficient (Wildman–Crippen LogP) is 3.95. The number of aromatic nitrogens is 1. The molecule has 5 heteroatoms. The SMILES string of the molecule is COc1ncccc1[C@@H]1CCCCN1C(=O)OCc1ccccc1. The van der Waals surface area contributed by atoms with Crippen LogP contribution < -0.4 is 4.74 Å². The lowest BCUT2D eigenvalue weighted by atomic mass is 9.96. The number of likely N-dealkylation sites (tertiary alicyclic amines) is 1. The molecule has 1 aromatic carbocycles. The molecule has 2 heterocycles. The fraction of sp³-hybridized carbons (Fsp3) is 0.368. The summed E-state index contributed by atoms with van der Waals surface area (Å²) < 4.78 is 10.9. The Balaban J connectivity index is 1.73. The summed E-state index contributed by atoms with van der Waals surface area (Å²) in [7, 11) is 1.60. The Labute approximate surface area is 142 Å². The van der Waals surface area contributed by atoms with Gasteiger partial charge in [-0.25, -0.2) is 9.78 Å². The van der Waals surface area contributed by atoms with E-state index in [0.717, 1.165) is 30.4 Å². The van der Waals surface area contributed by atoms with Crippen molar-refractivity contribution in [3.63, 3.8) is 0 Å². The van der Waals surface area contributed by atoms with E-state index in [4.69, 9.17) is 9.47 Å². The minimum Gasteiger partial charge on any atom is -0.481 e. The first-order valence-corrected chi connectivity index (χ1v) is 8.26. The monoisotopic (exact) mass is 326 g/mol. The van der Waals surface area contributed by atoms with E-state index in [2.05, 4.69) is 4.98 Å². The van der Waals surface area contributed by atoms with Crippen LogP contribution in [0, 0.1) is 0 Å². The zero-order chi connectivity index (χ0) is 16.8. The minimum absolute atomic E-state index is 0.0503. The van der Waals surface area contributed by atoms with Gasteiger partial charge in [-0.05, 0) is 30.9 Å². The molecule has 0 unspecified atom stereocenters. The van der Waals surface area contributed by atoms with Gasteiger partial charge in [-0.3, -0.25) is 0 Å². The van der Waals surface area contributed by atoms with Crippen LogP contribution in [0.5, 0.6) is 5.88 Å². The van der Waals surface area contributed by atoms with Crippen molar-refractivity contribution < 1.29 is 14.3 Å². The Morgan fingerprint density at radius 2 is 2.04 bits per heavy atom. The molecule has 1 aliphatic heterocycles. The molecule has 1 saturated heterocycles. The highest BCUT2D eigenvalue weighted by Gasteiger charge is 2.31. The fourth-order valence-corrected chi connectivity index (χ4v) is 3.10. The minimum atomic E-state index is -0.283. The van der Waals surface area contributed by atoms with Crippen LogP contribution in [0.25, 0.3) is 0 Å². The number of hydrogen-bond acceptors (Lipinski definition) is 4. The molecule has 3 rings (SSSR count). The van der Waals surface area contributed by atoms with Crippen LogP contribution >= 0.6 is 0 Å². The third-order valence-electron chi connectivity index (χ3n) is 4.30. The third kappa shape index (κ3) is 3.67. The highest BCUT2D eigenvalue weighted by atomic mass is 16.6. The molecule has 1 atom stereocenters. The van der Waals surface area contributed by atoms with Crippen molar-refractivity contribution in [1.29, 1.82) is 0 Å². The van der Waals surface area contributed by atoms with Gasteiger partial charge in [0.15, 0.2) is 0 Å². The van der Waals surface area contributed by atoms with E-state index in [9.17, 15) is 4.79 Å². The van der Waals surface area contributed by atoms with Gasteiger partial charge in [0.2, 0.25) is 5.88 Å². The number of ether oxygens (including phenoxy) is 2. The maximum atomic E-state index is 12.6. The zero-order valence-corrected chi connectivity index (χ0v) is 13.9. The van der Waals surface area contributed by atoms with E-state index in [1.807, 2.05) is 42.5 Å². The first-order valence-electron chi connectivity index (χ1n) is 8.26. The van der Waals surface area contributed by atoms with Crippen molar-refractivity contribution >= 4 is 6.09 Å². The number of methoxy groups -OCH3 is 1. The average molecular weight is 326 g/mol. The van der Waals surface area contributed by atoms with E-state index in [-0.39, 0.29) is 18.7 Å². The van der Waals surface area contributed by atoms with Gasteiger partial charge in [0.1, 0.15) is 6.61 Å². The van der Waals surface area contributed by atoms with Gasteiger partial charge in [-0.1, -0.05) is 36.4 Å². The first kappa shape index (κ1) is 16.3. The Hall–Kier alpha value is -2.56. The summed E-state index contributed by atoms with van der Waals surface area (Å²) >= 11 is 0. The summed E-state index contributed by atoms with van der Waals surface area (Å²) in [6, 6.07) is 13.5. The second-order valence-corrected chi connectivity index (χ2v) is 5.85. The number of carbonyl (C=O) groups excluding carboxylic acids is 1. The third-order valence-corrected chi connectivity index (χ3v) is 4.30. The Morgan fingerprint density at radius 1 is 1.21 bits per heavy atom. The summed E-state index contributed by atoms with van der Waals surface area (Å²) in [6.45, 7) is 0.976. The quantitative estimate of drug-likeness (QED) is 0.853. The number of amides is 1. The maximum absolute atomic E-state index is 12.6. The summed E-state index contributed by atoms with van der Waals surface area (Å²) in [5, 5.41) is 0. The largest absolute Gasteiger partial charge is 0.481 e. The van der Waals surface area contributed by atoms with Crippen LogP contribution in [0.15, 0.2) is 48.7 Å². The van der Waals surface area contributed by atoms with Gasteiger partial charge in [-0.15, -0.1) is 0 Å². The van der Waals surface area contributed by atoms with E-state index >= 15 is 0 Å². The number of piperidine rings is 1. The predicted molar refractivity (Wildman–Crippen MR) is 90.7 cm³/mol. The van der Waals surface area contributed by atoms with Crippen LogP contribution in [0.2, 0.25) is 0 Å². The van der Waals surface area contributed by atoms with Crippen LogP contribution in [-0.4, -0.2) is 29.6 Å². The molecule has 1 aromatic heterocycles. The number of benzene rings is 1. The molecule has 1 aliphatic rings. The topological polar surface area (TPSA) is 51.7 Å². The maximum Gasteiger partial charge on any atom is 0.410 e. The molecule has 2 aromatic rings. The van der Waals surface area contributed by atoms with Crippen LogP contribution in [0.1, 0.15) is 36.4 Å². The normalized spacial score (nSPS) is 17.4.